The number of halogens is 6. The maximum atomic E-state index is 13.7. The number of benzene rings is 2. The summed E-state index contributed by atoms with van der Waals surface area (Å²) in [6.07, 6.45) is -4.65. The quantitative estimate of drug-likeness (QED) is 0.661. The summed E-state index contributed by atoms with van der Waals surface area (Å²) < 4.78 is 82.8. The fourth-order valence-corrected chi connectivity index (χ4v) is 1.67. The Morgan fingerprint density at radius 1 is 0.957 bits per heavy atom. The second-order valence-electron chi connectivity index (χ2n) is 4.28. The summed E-state index contributed by atoms with van der Waals surface area (Å²) in [5.41, 5.74) is -1.48. The van der Waals surface area contributed by atoms with Gasteiger partial charge in [-0.3, -0.25) is 4.79 Å². The molecule has 0 bridgehead atoms. The second-order valence-corrected chi connectivity index (χ2v) is 4.28. The molecule has 23 heavy (non-hydrogen) atoms. The van der Waals surface area contributed by atoms with Crippen LogP contribution < -0.4 is 10.1 Å². The van der Waals surface area contributed by atoms with Crippen molar-refractivity contribution in [1.29, 1.82) is 0 Å². The van der Waals surface area contributed by atoms with Crippen molar-refractivity contribution in [3.05, 3.63) is 53.3 Å². The van der Waals surface area contributed by atoms with Crippen LogP contribution >= 0.6 is 0 Å². The predicted octanol–water partition coefficient (Wildman–Crippen LogP) is 4.48. The Kier molecular flexibility index (Phi) is 4.48. The molecule has 0 saturated carbocycles. The first-order valence-electron chi connectivity index (χ1n) is 5.96. The highest BCUT2D eigenvalue weighted by molar-refractivity contribution is 5.71. The Morgan fingerprint density at radius 2 is 1.57 bits per heavy atom. The standard InChI is InChI=1S/C14H7F6NO2/c15-9-5-8(21-6-22)1-2-12(9)23-13-10(16)3-7(4-11(13)17)14(18,19)20/h1-6H,(H,21,22). The normalized spacial score (nSPS) is 11.2. The molecule has 0 aliphatic heterocycles. The largest absolute Gasteiger partial charge is 0.448 e. The number of anilines is 1. The van der Waals surface area contributed by atoms with E-state index < -0.39 is 40.7 Å². The van der Waals surface area contributed by atoms with Crippen LogP contribution in [0.4, 0.5) is 32.0 Å². The van der Waals surface area contributed by atoms with Gasteiger partial charge in [0.1, 0.15) is 0 Å². The van der Waals surface area contributed by atoms with E-state index in [9.17, 15) is 31.1 Å². The lowest BCUT2D eigenvalue weighted by atomic mass is 10.2. The van der Waals surface area contributed by atoms with Gasteiger partial charge in [0.25, 0.3) is 0 Å². The van der Waals surface area contributed by atoms with E-state index in [4.69, 9.17) is 0 Å². The first kappa shape index (κ1) is 16.7. The Bertz CT molecular complexity index is 722. The summed E-state index contributed by atoms with van der Waals surface area (Å²) in [6, 6.07) is 3.02. The van der Waals surface area contributed by atoms with E-state index in [1.54, 1.807) is 0 Å². The van der Waals surface area contributed by atoms with Crippen molar-refractivity contribution < 1.29 is 35.9 Å². The van der Waals surface area contributed by atoms with Gasteiger partial charge in [0.15, 0.2) is 29.0 Å². The number of hydrogen-bond donors (Lipinski definition) is 1. The number of rotatable bonds is 4. The van der Waals surface area contributed by atoms with Crippen molar-refractivity contribution >= 4 is 12.1 Å². The molecule has 0 aliphatic rings. The molecule has 0 atom stereocenters. The average molecular weight is 335 g/mol. The van der Waals surface area contributed by atoms with Gasteiger partial charge in [-0.2, -0.15) is 13.2 Å². The Balaban J connectivity index is 2.35. The zero-order valence-electron chi connectivity index (χ0n) is 11.0. The van der Waals surface area contributed by atoms with Crippen molar-refractivity contribution in [3.8, 4) is 11.5 Å². The fourth-order valence-electron chi connectivity index (χ4n) is 1.67. The van der Waals surface area contributed by atoms with E-state index in [1.807, 2.05) is 0 Å². The summed E-state index contributed by atoms with van der Waals surface area (Å²) in [5.74, 6) is -6.14. The van der Waals surface area contributed by atoms with Crippen molar-refractivity contribution in [2.75, 3.05) is 5.32 Å². The van der Waals surface area contributed by atoms with Gasteiger partial charge in [-0.1, -0.05) is 0 Å². The van der Waals surface area contributed by atoms with Crippen LogP contribution in [0.3, 0.4) is 0 Å². The molecule has 9 heteroatoms. The zero-order chi connectivity index (χ0) is 17.2. The van der Waals surface area contributed by atoms with Crippen LogP contribution in [0.1, 0.15) is 5.56 Å². The van der Waals surface area contributed by atoms with Gasteiger partial charge in [0.2, 0.25) is 6.41 Å². The average Bonchev–Trinajstić information content (AvgIpc) is 2.44. The molecule has 0 radical (unpaired) electrons. The van der Waals surface area contributed by atoms with Crippen LogP contribution in [0.5, 0.6) is 11.5 Å². The van der Waals surface area contributed by atoms with Crippen LogP contribution in [-0.4, -0.2) is 6.41 Å². The van der Waals surface area contributed by atoms with Gasteiger partial charge in [-0.15, -0.1) is 0 Å². The summed E-state index contributed by atoms with van der Waals surface area (Å²) in [5, 5.41) is 2.14. The molecule has 2 aromatic rings. The van der Waals surface area contributed by atoms with Gasteiger partial charge >= 0.3 is 6.18 Å². The number of carbonyl (C=O) groups is 1. The smallest absolute Gasteiger partial charge is 0.416 e. The summed E-state index contributed by atoms with van der Waals surface area (Å²) in [6.45, 7) is 0. The first-order chi connectivity index (χ1) is 10.7. The molecule has 0 aliphatic carbocycles. The number of hydrogen-bond acceptors (Lipinski definition) is 2. The van der Waals surface area contributed by atoms with Crippen molar-refractivity contribution in [2.24, 2.45) is 0 Å². The number of nitrogens with one attached hydrogen (secondary N) is 1. The van der Waals surface area contributed by atoms with Crippen LogP contribution in [0.15, 0.2) is 30.3 Å². The van der Waals surface area contributed by atoms with Gasteiger partial charge in [0, 0.05) is 11.8 Å². The first-order valence-corrected chi connectivity index (χ1v) is 5.96. The van der Waals surface area contributed by atoms with Crippen molar-refractivity contribution in [3.63, 3.8) is 0 Å². The number of carbonyl (C=O) groups excluding carboxylic acids is 1. The molecule has 0 unspecified atom stereocenters. The van der Waals surface area contributed by atoms with Gasteiger partial charge < -0.3 is 10.1 Å². The summed E-state index contributed by atoms with van der Waals surface area (Å²) in [4.78, 5) is 10.2. The maximum absolute atomic E-state index is 13.7. The van der Waals surface area contributed by atoms with E-state index >= 15 is 0 Å². The van der Waals surface area contributed by atoms with Crippen LogP contribution in [0.2, 0.25) is 0 Å². The fraction of sp³-hybridized carbons (Fsp3) is 0.0714. The van der Waals surface area contributed by atoms with E-state index in [0.717, 1.165) is 12.1 Å². The lowest BCUT2D eigenvalue weighted by Gasteiger charge is -2.12. The van der Waals surface area contributed by atoms with Crippen LogP contribution in [0, 0.1) is 17.5 Å². The third-order valence-electron chi connectivity index (χ3n) is 2.70. The molecule has 0 aromatic heterocycles. The van der Waals surface area contributed by atoms with E-state index in [1.165, 1.54) is 6.07 Å². The molecule has 0 fully saturated rings. The van der Waals surface area contributed by atoms with Gasteiger partial charge in [-0.05, 0) is 24.3 Å². The topological polar surface area (TPSA) is 38.3 Å². The molecule has 2 aromatic carbocycles. The third kappa shape index (κ3) is 3.74. The molecular formula is C14H7F6NO2. The Hall–Kier alpha value is -2.71. The zero-order valence-corrected chi connectivity index (χ0v) is 11.0. The van der Waals surface area contributed by atoms with Crippen molar-refractivity contribution in [1.82, 2.24) is 0 Å². The van der Waals surface area contributed by atoms with Crippen molar-refractivity contribution in [2.45, 2.75) is 6.18 Å². The highest BCUT2D eigenvalue weighted by atomic mass is 19.4. The Morgan fingerprint density at radius 3 is 2.04 bits per heavy atom. The molecule has 122 valence electrons. The molecule has 0 saturated heterocycles. The lowest BCUT2D eigenvalue weighted by Crippen LogP contribution is -2.07. The minimum Gasteiger partial charge on any atom is -0.448 e. The molecular weight excluding hydrogens is 328 g/mol. The molecule has 1 N–H and O–H groups in total. The number of ether oxygens (including phenoxy) is 1. The van der Waals surface area contributed by atoms with Crippen LogP contribution in [-0.2, 0) is 11.0 Å². The highest BCUT2D eigenvalue weighted by Gasteiger charge is 2.33. The Labute approximate surface area is 125 Å². The van der Waals surface area contributed by atoms with E-state index in [0.29, 0.717) is 0 Å². The summed E-state index contributed by atoms with van der Waals surface area (Å²) in [7, 11) is 0. The lowest BCUT2D eigenvalue weighted by molar-refractivity contribution is -0.138. The SMILES string of the molecule is O=CNc1ccc(Oc2c(F)cc(C(F)(F)F)cc2F)c(F)c1. The minimum absolute atomic E-state index is 0.0403. The second kappa shape index (κ2) is 6.19. The van der Waals surface area contributed by atoms with Crippen LogP contribution in [0.25, 0.3) is 0 Å². The van der Waals surface area contributed by atoms with E-state index in [-0.39, 0.29) is 24.2 Å². The molecule has 0 heterocycles. The summed E-state index contributed by atoms with van der Waals surface area (Å²) >= 11 is 0. The third-order valence-corrected chi connectivity index (χ3v) is 2.70. The number of amides is 1. The van der Waals surface area contributed by atoms with E-state index in [2.05, 4.69) is 10.1 Å². The number of alkyl halides is 3. The monoisotopic (exact) mass is 335 g/mol. The molecule has 1 amide bonds. The minimum atomic E-state index is -4.94. The molecule has 2 rings (SSSR count). The molecule has 0 spiro atoms. The molecule has 3 nitrogen and oxygen atoms in total. The van der Waals surface area contributed by atoms with Gasteiger partial charge in [0.05, 0.1) is 5.56 Å². The predicted molar refractivity (Wildman–Crippen MR) is 67.5 cm³/mol. The van der Waals surface area contributed by atoms with Gasteiger partial charge in [-0.25, -0.2) is 13.2 Å². The maximum Gasteiger partial charge on any atom is 0.416 e. The highest BCUT2D eigenvalue weighted by Crippen LogP contribution is 2.36.